The standard InChI is InChI=1S/C25H21NO6/c1-13(25(31)26-32)15-10-8-14(9-11-15)12-20(29)21-16-4-2-6-18(27)22(16)24(30)23-17(21)5-3-7-19(23)28/h2-11,13,21,27-28,32H,12H2,1H3,(H,26,31). The molecule has 1 aliphatic carbocycles. The number of phenols is 2. The van der Waals surface area contributed by atoms with Crippen LogP contribution in [0.5, 0.6) is 11.5 Å². The maximum atomic E-state index is 13.4. The highest BCUT2D eigenvalue weighted by Gasteiger charge is 2.38. The van der Waals surface area contributed by atoms with Crippen LogP contribution in [0.25, 0.3) is 0 Å². The second-order valence-electron chi connectivity index (χ2n) is 7.83. The lowest BCUT2D eigenvalue weighted by molar-refractivity contribution is -0.130. The van der Waals surface area contributed by atoms with Gasteiger partial charge in [-0.2, -0.15) is 0 Å². The first-order valence-electron chi connectivity index (χ1n) is 10.1. The SMILES string of the molecule is CC(C(=O)NO)c1ccc(CC(=O)C2c3cccc(O)c3C(=O)c3c(O)cccc32)cc1. The van der Waals surface area contributed by atoms with Crippen LogP contribution in [0.2, 0.25) is 0 Å². The van der Waals surface area contributed by atoms with Crippen molar-refractivity contribution in [2.75, 3.05) is 0 Å². The van der Waals surface area contributed by atoms with E-state index in [9.17, 15) is 24.6 Å². The van der Waals surface area contributed by atoms with Crippen LogP contribution in [0, 0.1) is 0 Å². The molecule has 0 fully saturated rings. The number of ketones is 2. The van der Waals surface area contributed by atoms with Gasteiger partial charge in [0.05, 0.1) is 23.0 Å². The molecule has 7 heteroatoms. The molecule has 0 radical (unpaired) electrons. The minimum atomic E-state index is -0.823. The quantitative estimate of drug-likeness (QED) is 0.363. The second kappa shape index (κ2) is 8.28. The largest absolute Gasteiger partial charge is 0.507 e. The van der Waals surface area contributed by atoms with Gasteiger partial charge < -0.3 is 10.2 Å². The van der Waals surface area contributed by atoms with E-state index in [0.29, 0.717) is 22.3 Å². The van der Waals surface area contributed by atoms with Gasteiger partial charge in [-0.3, -0.25) is 19.6 Å². The Bertz CT molecular complexity index is 1180. The monoisotopic (exact) mass is 431 g/mol. The number of amides is 1. The lowest BCUT2D eigenvalue weighted by atomic mass is 9.74. The van der Waals surface area contributed by atoms with Crippen molar-refractivity contribution >= 4 is 17.5 Å². The van der Waals surface area contributed by atoms with Crippen LogP contribution < -0.4 is 5.48 Å². The summed E-state index contributed by atoms with van der Waals surface area (Å²) in [7, 11) is 0. The van der Waals surface area contributed by atoms with E-state index in [2.05, 4.69) is 0 Å². The zero-order chi connectivity index (χ0) is 23.0. The molecule has 162 valence electrons. The van der Waals surface area contributed by atoms with Crippen LogP contribution in [-0.2, 0) is 16.0 Å². The van der Waals surface area contributed by atoms with Crippen molar-refractivity contribution < 1.29 is 29.8 Å². The molecule has 0 bridgehead atoms. The van der Waals surface area contributed by atoms with Gasteiger partial charge in [-0.15, -0.1) is 0 Å². The minimum Gasteiger partial charge on any atom is -0.507 e. The van der Waals surface area contributed by atoms with Gasteiger partial charge in [0.25, 0.3) is 5.91 Å². The number of benzene rings is 3. The second-order valence-corrected chi connectivity index (χ2v) is 7.83. The van der Waals surface area contributed by atoms with E-state index in [4.69, 9.17) is 5.21 Å². The first kappa shape index (κ1) is 21.3. The minimum absolute atomic E-state index is 0.0269. The van der Waals surface area contributed by atoms with Crippen LogP contribution in [0.3, 0.4) is 0 Å². The summed E-state index contributed by atoms with van der Waals surface area (Å²) in [5, 5.41) is 29.4. The van der Waals surface area contributed by atoms with E-state index in [1.54, 1.807) is 60.9 Å². The molecule has 0 aliphatic heterocycles. The van der Waals surface area contributed by atoms with Crippen molar-refractivity contribution in [1.82, 2.24) is 5.48 Å². The molecule has 0 saturated carbocycles. The number of hydroxylamine groups is 1. The average Bonchev–Trinajstić information content (AvgIpc) is 2.78. The van der Waals surface area contributed by atoms with Gasteiger partial charge in [-0.1, -0.05) is 48.5 Å². The van der Waals surface area contributed by atoms with Crippen LogP contribution >= 0.6 is 0 Å². The highest BCUT2D eigenvalue weighted by atomic mass is 16.5. The fourth-order valence-electron chi connectivity index (χ4n) is 4.21. The van der Waals surface area contributed by atoms with Crippen molar-refractivity contribution in [3.63, 3.8) is 0 Å². The Kier molecular flexibility index (Phi) is 5.50. The Hall–Kier alpha value is -3.97. The molecule has 3 aromatic carbocycles. The van der Waals surface area contributed by atoms with Crippen LogP contribution in [0.4, 0.5) is 0 Å². The molecule has 1 atom stereocenters. The Morgan fingerprint density at radius 2 is 1.44 bits per heavy atom. The zero-order valence-corrected chi connectivity index (χ0v) is 17.2. The van der Waals surface area contributed by atoms with Gasteiger partial charge in [-0.05, 0) is 41.3 Å². The number of carbonyl (C=O) groups excluding carboxylic acids is 3. The Morgan fingerprint density at radius 1 is 0.906 bits per heavy atom. The van der Waals surface area contributed by atoms with E-state index < -0.39 is 23.5 Å². The first-order valence-corrected chi connectivity index (χ1v) is 10.1. The topological polar surface area (TPSA) is 124 Å². The first-order chi connectivity index (χ1) is 15.3. The number of Topliss-reactive ketones (excluding diaryl/α,β-unsaturated/α-hetero) is 1. The number of aromatic hydroxyl groups is 2. The van der Waals surface area contributed by atoms with Gasteiger partial charge in [-0.25, -0.2) is 5.48 Å². The lowest BCUT2D eigenvalue weighted by Gasteiger charge is -2.27. The van der Waals surface area contributed by atoms with Crippen molar-refractivity contribution in [3.05, 3.63) is 94.0 Å². The van der Waals surface area contributed by atoms with Gasteiger partial charge >= 0.3 is 0 Å². The average molecular weight is 431 g/mol. The molecule has 1 aliphatic rings. The third kappa shape index (κ3) is 3.52. The van der Waals surface area contributed by atoms with Crippen molar-refractivity contribution in [3.8, 4) is 11.5 Å². The molecule has 0 spiro atoms. The van der Waals surface area contributed by atoms with Gasteiger partial charge in [0, 0.05) is 6.42 Å². The number of fused-ring (bicyclic) bond motifs is 2. The van der Waals surface area contributed by atoms with E-state index in [0.717, 1.165) is 0 Å². The molecule has 1 amide bonds. The Labute approximate surface area is 183 Å². The third-order valence-corrected chi connectivity index (χ3v) is 5.91. The number of hydrogen-bond donors (Lipinski definition) is 4. The third-order valence-electron chi connectivity index (χ3n) is 5.91. The summed E-state index contributed by atoms with van der Waals surface area (Å²) in [5.74, 6) is -3.11. The summed E-state index contributed by atoms with van der Waals surface area (Å²) in [6.07, 6.45) is 0.0455. The predicted octanol–water partition coefficient (Wildman–Crippen LogP) is 3.19. The summed E-state index contributed by atoms with van der Waals surface area (Å²) >= 11 is 0. The number of phenolic OH excluding ortho intramolecular Hbond substituents is 2. The molecule has 32 heavy (non-hydrogen) atoms. The highest BCUT2D eigenvalue weighted by Crippen LogP contribution is 2.43. The van der Waals surface area contributed by atoms with E-state index in [-0.39, 0.29) is 34.8 Å². The van der Waals surface area contributed by atoms with Crippen LogP contribution in [0.1, 0.15) is 56.9 Å². The summed E-state index contributed by atoms with van der Waals surface area (Å²) in [4.78, 5) is 38.0. The zero-order valence-electron chi connectivity index (χ0n) is 17.2. The van der Waals surface area contributed by atoms with E-state index >= 15 is 0 Å². The summed E-state index contributed by atoms with van der Waals surface area (Å²) in [5.41, 5.74) is 3.87. The summed E-state index contributed by atoms with van der Waals surface area (Å²) in [6.45, 7) is 1.65. The number of carbonyl (C=O) groups is 3. The Balaban J connectivity index is 1.70. The molecule has 7 nitrogen and oxygen atoms in total. The van der Waals surface area contributed by atoms with Crippen molar-refractivity contribution in [1.29, 1.82) is 0 Å². The Morgan fingerprint density at radius 3 is 1.94 bits per heavy atom. The van der Waals surface area contributed by atoms with Crippen molar-refractivity contribution in [2.45, 2.75) is 25.2 Å². The fourth-order valence-corrected chi connectivity index (χ4v) is 4.21. The predicted molar refractivity (Wildman–Crippen MR) is 115 cm³/mol. The maximum Gasteiger partial charge on any atom is 0.250 e. The van der Waals surface area contributed by atoms with Crippen LogP contribution in [0.15, 0.2) is 60.7 Å². The van der Waals surface area contributed by atoms with Gasteiger partial charge in [0.1, 0.15) is 17.3 Å². The molecule has 0 saturated heterocycles. The molecular formula is C25H21NO6. The lowest BCUT2D eigenvalue weighted by Crippen LogP contribution is -2.26. The van der Waals surface area contributed by atoms with E-state index in [1.165, 1.54) is 12.1 Å². The maximum absolute atomic E-state index is 13.4. The summed E-state index contributed by atoms with van der Waals surface area (Å²) < 4.78 is 0. The molecule has 3 aromatic rings. The molecule has 4 N–H and O–H groups in total. The molecule has 1 unspecified atom stereocenters. The summed E-state index contributed by atoms with van der Waals surface area (Å²) in [6, 6.07) is 16.1. The van der Waals surface area contributed by atoms with Gasteiger partial charge in [0.2, 0.25) is 5.78 Å². The number of hydrogen-bond acceptors (Lipinski definition) is 6. The van der Waals surface area contributed by atoms with Crippen LogP contribution in [-0.4, -0.2) is 32.9 Å². The number of rotatable bonds is 5. The molecule has 0 aromatic heterocycles. The smallest absolute Gasteiger partial charge is 0.250 e. The van der Waals surface area contributed by atoms with Crippen molar-refractivity contribution in [2.24, 2.45) is 0 Å². The highest BCUT2D eigenvalue weighted by molar-refractivity contribution is 6.18. The molecule has 4 rings (SSSR count). The number of nitrogens with one attached hydrogen (secondary N) is 1. The molecular weight excluding hydrogens is 410 g/mol. The van der Waals surface area contributed by atoms with E-state index in [1.807, 2.05) is 0 Å². The molecule has 0 heterocycles. The van der Waals surface area contributed by atoms with Gasteiger partial charge in [0.15, 0.2) is 0 Å². The fraction of sp³-hybridized carbons (Fsp3) is 0.160. The normalized spacial score (nSPS) is 13.8.